The summed E-state index contributed by atoms with van der Waals surface area (Å²) in [7, 11) is 1.68. The van der Waals surface area contributed by atoms with E-state index in [-0.39, 0.29) is 18.0 Å². The highest BCUT2D eigenvalue weighted by atomic mass is 32.1. The predicted octanol–water partition coefficient (Wildman–Crippen LogP) is 5.81. The predicted molar refractivity (Wildman–Crippen MR) is 158 cm³/mol. The third-order valence-corrected chi connectivity index (χ3v) is 7.57. The number of anilines is 1. The first-order chi connectivity index (χ1) is 18.9. The van der Waals surface area contributed by atoms with Crippen LogP contribution in [0.2, 0.25) is 0 Å². The smallest absolute Gasteiger partial charge is 0.226 e. The Hall–Kier alpha value is -4.17. The Labute approximate surface area is 234 Å². The fraction of sp³-hybridized carbons (Fsp3) is 0.258. The maximum atomic E-state index is 12.9. The maximum absolute atomic E-state index is 12.9. The van der Waals surface area contributed by atoms with Crippen molar-refractivity contribution in [3.8, 4) is 11.4 Å². The van der Waals surface area contributed by atoms with Gasteiger partial charge in [0.25, 0.3) is 0 Å². The largest absolute Gasteiger partial charge is 0.497 e. The van der Waals surface area contributed by atoms with Crippen LogP contribution < -0.4 is 15.4 Å². The number of rotatable bonds is 8. The number of carbonyl (C=O) groups excluding carboxylic acids is 1. The number of benzene rings is 2. The molecule has 1 saturated heterocycles. The molecule has 5 rings (SSSR count). The lowest BCUT2D eigenvalue weighted by atomic mass is 9.96. The zero-order valence-corrected chi connectivity index (χ0v) is 23.5. The van der Waals surface area contributed by atoms with Crippen molar-refractivity contribution in [1.82, 2.24) is 19.8 Å². The highest BCUT2D eigenvalue weighted by Gasteiger charge is 2.41. The van der Waals surface area contributed by atoms with Crippen LogP contribution in [0.1, 0.15) is 46.7 Å². The zero-order chi connectivity index (χ0) is 27.5. The molecule has 2 atom stereocenters. The number of nitrogens with one attached hydrogen (secondary N) is 2. The molecule has 1 aliphatic rings. The second kappa shape index (κ2) is 11.3. The van der Waals surface area contributed by atoms with Gasteiger partial charge in [-0.25, -0.2) is 0 Å². The van der Waals surface area contributed by atoms with Crippen molar-refractivity contribution in [3.05, 3.63) is 107 Å². The van der Waals surface area contributed by atoms with Crippen LogP contribution in [0.15, 0.2) is 79.0 Å². The molecule has 7 nitrogen and oxygen atoms in total. The van der Waals surface area contributed by atoms with Crippen molar-refractivity contribution in [2.24, 2.45) is 0 Å². The number of amides is 1. The molecule has 2 aromatic heterocycles. The van der Waals surface area contributed by atoms with Gasteiger partial charge in [0, 0.05) is 48.0 Å². The van der Waals surface area contributed by atoms with Gasteiger partial charge in [-0.05, 0) is 81.0 Å². The average molecular weight is 540 g/mol. The Morgan fingerprint density at radius 3 is 2.56 bits per heavy atom. The molecule has 3 heterocycles. The third-order valence-electron chi connectivity index (χ3n) is 7.21. The minimum Gasteiger partial charge on any atom is -0.497 e. The zero-order valence-electron chi connectivity index (χ0n) is 22.6. The molecule has 2 N–H and O–H groups in total. The normalized spacial score (nSPS) is 16.7. The lowest BCUT2D eigenvalue weighted by molar-refractivity contribution is -0.116. The van der Waals surface area contributed by atoms with E-state index in [9.17, 15) is 4.79 Å². The van der Waals surface area contributed by atoms with E-state index in [1.807, 2.05) is 67.6 Å². The van der Waals surface area contributed by atoms with Crippen molar-refractivity contribution < 1.29 is 9.53 Å². The average Bonchev–Trinajstić information content (AvgIpc) is 3.43. The Kier molecular flexibility index (Phi) is 7.65. The molecule has 1 fully saturated rings. The summed E-state index contributed by atoms with van der Waals surface area (Å²) in [5.74, 6) is 0.751. The van der Waals surface area contributed by atoms with Gasteiger partial charge in [-0.2, -0.15) is 0 Å². The van der Waals surface area contributed by atoms with Gasteiger partial charge in [0.15, 0.2) is 5.11 Å². The van der Waals surface area contributed by atoms with E-state index in [2.05, 4.69) is 51.1 Å². The molecular weight excluding hydrogens is 506 g/mol. The van der Waals surface area contributed by atoms with Gasteiger partial charge in [-0.3, -0.25) is 9.78 Å². The van der Waals surface area contributed by atoms with Gasteiger partial charge in [-0.15, -0.1) is 0 Å². The number of nitrogens with zero attached hydrogens (tertiary/aromatic N) is 3. The Bertz CT molecular complexity index is 1480. The minimum absolute atomic E-state index is 0.0523. The molecule has 0 unspecified atom stereocenters. The Morgan fingerprint density at radius 1 is 1.05 bits per heavy atom. The molecule has 0 saturated carbocycles. The standard InChI is InChI=1S/C31H33N5O2S/c1-20-11-13-23(14-12-20)33-28(37)15-17-35-30(29(34-31(35)39)27-10-5-6-16-32-27)26-18-21(2)36(22(26)3)24-8-7-9-25(19-24)38-4/h5-14,16,18-19,29-30H,15,17H2,1-4H3,(H,33,37)(H,34,39)/t29-,30+/m1/s1. The van der Waals surface area contributed by atoms with E-state index in [1.165, 1.54) is 0 Å². The molecule has 1 aliphatic heterocycles. The lowest BCUT2D eigenvalue weighted by Crippen LogP contribution is -2.32. The summed E-state index contributed by atoms with van der Waals surface area (Å²) in [5, 5.41) is 7.12. The molecule has 0 aliphatic carbocycles. The molecule has 1 amide bonds. The first-order valence-corrected chi connectivity index (χ1v) is 13.4. The topological polar surface area (TPSA) is 71.4 Å². The molecular formula is C31H33N5O2S. The molecule has 0 spiro atoms. The fourth-order valence-corrected chi connectivity index (χ4v) is 5.63. The number of thiocarbonyl (C=S) groups is 1. The minimum atomic E-state index is -0.155. The Morgan fingerprint density at radius 2 is 1.85 bits per heavy atom. The van der Waals surface area contributed by atoms with Crippen LogP contribution in [0.4, 0.5) is 5.69 Å². The van der Waals surface area contributed by atoms with Gasteiger partial charge in [0.1, 0.15) is 5.75 Å². The first kappa shape index (κ1) is 26.4. The molecule has 0 radical (unpaired) electrons. The van der Waals surface area contributed by atoms with Gasteiger partial charge in [0.05, 0.1) is 24.9 Å². The molecule has 39 heavy (non-hydrogen) atoms. The van der Waals surface area contributed by atoms with Crippen LogP contribution in [0.5, 0.6) is 5.75 Å². The monoisotopic (exact) mass is 539 g/mol. The van der Waals surface area contributed by atoms with Crippen molar-refractivity contribution in [3.63, 3.8) is 0 Å². The van der Waals surface area contributed by atoms with Crippen LogP contribution in [0, 0.1) is 20.8 Å². The van der Waals surface area contributed by atoms with Crippen LogP contribution in [-0.2, 0) is 4.79 Å². The van der Waals surface area contributed by atoms with Crippen LogP contribution in [-0.4, -0.2) is 39.1 Å². The van der Waals surface area contributed by atoms with Gasteiger partial charge < -0.3 is 24.8 Å². The number of methoxy groups -OCH3 is 1. The van der Waals surface area contributed by atoms with E-state index in [1.54, 1.807) is 13.3 Å². The second-order valence-electron chi connectivity index (χ2n) is 9.85. The highest BCUT2D eigenvalue weighted by molar-refractivity contribution is 7.80. The Balaban J connectivity index is 1.47. The van der Waals surface area contributed by atoms with Gasteiger partial charge in [0.2, 0.25) is 5.91 Å². The summed E-state index contributed by atoms with van der Waals surface area (Å²) in [6.45, 7) is 6.73. The number of hydrogen-bond acceptors (Lipinski definition) is 4. The molecule has 2 aromatic carbocycles. The van der Waals surface area contributed by atoms with E-state index < -0.39 is 0 Å². The summed E-state index contributed by atoms with van der Waals surface area (Å²) < 4.78 is 7.71. The van der Waals surface area contributed by atoms with Crippen LogP contribution in [0.25, 0.3) is 5.69 Å². The molecule has 200 valence electrons. The number of ether oxygens (including phenoxy) is 1. The van der Waals surface area contributed by atoms with Gasteiger partial charge in [-0.1, -0.05) is 29.8 Å². The maximum Gasteiger partial charge on any atom is 0.226 e. The third kappa shape index (κ3) is 5.52. The van der Waals surface area contributed by atoms with Crippen molar-refractivity contribution in [2.45, 2.75) is 39.3 Å². The fourth-order valence-electron chi connectivity index (χ4n) is 5.30. The molecule has 0 bridgehead atoms. The van der Waals surface area contributed by atoms with E-state index in [0.29, 0.717) is 18.1 Å². The number of aryl methyl sites for hydroxylation is 2. The molecule has 8 heteroatoms. The summed E-state index contributed by atoms with van der Waals surface area (Å²) in [6.07, 6.45) is 2.10. The van der Waals surface area contributed by atoms with E-state index in [0.717, 1.165) is 45.3 Å². The van der Waals surface area contributed by atoms with Crippen LogP contribution >= 0.6 is 12.2 Å². The number of aromatic nitrogens is 2. The number of carbonyl (C=O) groups is 1. The number of hydrogen-bond donors (Lipinski definition) is 2. The summed E-state index contributed by atoms with van der Waals surface area (Å²) in [6, 6.07) is 23.7. The van der Waals surface area contributed by atoms with Crippen LogP contribution in [0.3, 0.4) is 0 Å². The highest BCUT2D eigenvalue weighted by Crippen LogP contribution is 2.41. The quantitative estimate of drug-likeness (QED) is 0.276. The van der Waals surface area contributed by atoms with Crippen molar-refractivity contribution >= 4 is 28.9 Å². The summed E-state index contributed by atoms with van der Waals surface area (Å²) >= 11 is 5.83. The lowest BCUT2D eigenvalue weighted by Gasteiger charge is -2.28. The van der Waals surface area contributed by atoms with Crippen molar-refractivity contribution in [2.75, 3.05) is 19.0 Å². The van der Waals surface area contributed by atoms with E-state index >= 15 is 0 Å². The SMILES string of the molecule is COc1cccc(-n2c(C)cc([C@H]3[C@@H](c4ccccn4)NC(=S)N3CCC(=O)Nc3ccc(C)cc3)c2C)c1. The van der Waals surface area contributed by atoms with Gasteiger partial charge >= 0.3 is 0 Å². The first-order valence-electron chi connectivity index (χ1n) is 13.0. The summed E-state index contributed by atoms with van der Waals surface area (Å²) in [5.41, 5.74) is 7.22. The number of pyridine rings is 1. The molecule has 4 aromatic rings. The summed E-state index contributed by atoms with van der Waals surface area (Å²) in [4.78, 5) is 19.7. The second-order valence-corrected chi connectivity index (χ2v) is 10.2. The van der Waals surface area contributed by atoms with E-state index in [4.69, 9.17) is 17.0 Å². The van der Waals surface area contributed by atoms with Crippen molar-refractivity contribution in [1.29, 1.82) is 0 Å².